The maximum Gasteiger partial charge on any atom is 0.281 e. The second-order valence-electron chi connectivity index (χ2n) is 3.61. The average Bonchev–Trinajstić information content (AvgIpc) is 2.63. The number of aryl methyl sites for hydroxylation is 1. The second kappa shape index (κ2) is 4.01. The second-order valence-corrected chi connectivity index (χ2v) is 3.61. The maximum absolute atomic E-state index is 11.6. The van der Waals surface area contributed by atoms with Crippen molar-refractivity contribution in [2.45, 2.75) is 32.9 Å². The molecule has 2 heterocycles. The predicted octanol–water partition coefficient (Wildman–Crippen LogP) is -0.0221. The number of nitrogens with zero attached hydrogens (tertiary/aromatic N) is 4. The van der Waals surface area contributed by atoms with Crippen LogP contribution in [0.3, 0.4) is 0 Å². The molecule has 2 aromatic heterocycles. The fraction of sp³-hybridized carbons (Fsp3) is 0.556. The summed E-state index contributed by atoms with van der Waals surface area (Å²) in [6.45, 7) is 4.18. The minimum atomic E-state index is -0.818. The number of nitrogens with one attached hydrogen (secondary N) is 1. The van der Waals surface area contributed by atoms with Gasteiger partial charge in [0.25, 0.3) is 5.56 Å². The quantitative estimate of drug-likeness (QED) is 0.762. The Balaban J connectivity index is 2.66. The van der Waals surface area contributed by atoms with Crippen molar-refractivity contribution >= 4 is 11.2 Å². The molecule has 0 fully saturated rings. The van der Waals surface area contributed by atoms with Gasteiger partial charge in [-0.1, -0.05) is 12.1 Å². The van der Waals surface area contributed by atoms with E-state index in [4.69, 9.17) is 0 Å². The fourth-order valence-corrected chi connectivity index (χ4v) is 1.44. The SMILES string of the molecule is CCCn1nnc2c(=O)[nH]c([C@@H](C)O)nc21. The monoisotopic (exact) mass is 223 g/mol. The molecule has 0 saturated heterocycles. The zero-order valence-corrected chi connectivity index (χ0v) is 9.14. The highest BCUT2D eigenvalue weighted by Crippen LogP contribution is 2.08. The summed E-state index contributed by atoms with van der Waals surface area (Å²) in [4.78, 5) is 18.2. The van der Waals surface area contributed by atoms with Crippen molar-refractivity contribution in [1.82, 2.24) is 25.0 Å². The number of aliphatic hydroxyl groups is 1. The van der Waals surface area contributed by atoms with Crippen LogP contribution in [0.2, 0.25) is 0 Å². The van der Waals surface area contributed by atoms with Crippen molar-refractivity contribution in [3.63, 3.8) is 0 Å². The minimum Gasteiger partial charge on any atom is -0.385 e. The van der Waals surface area contributed by atoms with Gasteiger partial charge in [-0.05, 0) is 13.3 Å². The van der Waals surface area contributed by atoms with E-state index in [0.29, 0.717) is 12.2 Å². The Hall–Kier alpha value is -1.76. The van der Waals surface area contributed by atoms with E-state index in [2.05, 4.69) is 20.3 Å². The molecule has 0 saturated carbocycles. The van der Waals surface area contributed by atoms with Crippen LogP contribution in [0, 0.1) is 0 Å². The van der Waals surface area contributed by atoms with Gasteiger partial charge in [-0.15, -0.1) is 5.10 Å². The summed E-state index contributed by atoms with van der Waals surface area (Å²) in [7, 11) is 0. The maximum atomic E-state index is 11.6. The van der Waals surface area contributed by atoms with Crippen molar-refractivity contribution in [1.29, 1.82) is 0 Å². The van der Waals surface area contributed by atoms with Crippen LogP contribution < -0.4 is 5.56 Å². The number of hydrogen-bond donors (Lipinski definition) is 2. The van der Waals surface area contributed by atoms with Crippen LogP contribution in [0.15, 0.2) is 4.79 Å². The molecular weight excluding hydrogens is 210 g/mol. The van der Waals surface area contributed by atoms with E-state index in [9.17, 15) is 9.90 Å². The summed E-state index contributed by atoms with van der Waals surface area (Å²) < 4.78 is 1.57. The fourth-order valence-electron chi connectivity index (χ4n) is 1.44. The largest absolute Gasteiger partial charge is 0.385 e. The molecule has 0 aromatic carbocycles. The summed E-state index contributed by atoms with van der Waals surface area (Å²) in [5.74, 6) is 0.233. The molecule has 0 spiro atoms. The Morgan fingerprint density at radius 1 is 1.56 bits per heavy atom. The molecule has 2 aromatic rings. The van der Waals surface area contributed by atoms with E-state index >= 15 is 0 Å². The third kappa shape index (κ3) is 1.69. The topological polar surface area (TPSA) is 96.7 Å². The van der Waals surface area contributed by atoms with E-state index in [0.717, 1.165) is 6.42 Å². The molecule has 1 atom stereocenters. The molecule has 86 valence electrons. The summed E-state index contributed by atoms with van der Waals surface area (Å²) in [5, 5.41) is 17.0. The molecule has 2 N–H and O–H groups in total. The zero-order chi connectivity index (χ0) is 11.7. The number of aliphatic hydroxyl groups excluding tert-OH is 1. The van der Waals surface area contributed by atoms with Gasteiger partial charge in [0, 0.05) is 6.54 Å². The van der Waals surface area contributed by atoms with E-state index < -0.39 is 6.10 Å². The minimum absolute atomic E-state index is 0.206. The molecule has 7 nitrogen and oxygen atoms in total. The van der Waals surface area contributed by atoms with Crippen LogP contribution >= 0.6 is 0 Å². The third-order valence-electron chi connectivity index (χ3n) is 2.22. The molecular formula is C9H13N5O2. The Labute approximate surface area is 91.1 Å². The number of rotatable bonds is 3. The van der Waals surface area contributed by atoms with Crippen LogP contribution in [-0.2, 0) is 6.54 Å². The molecule has 0 aliphatic carbocycles. The first-order valence-electron chi connectivity index (χ1n) is 5.15. The highest BCUT2D eigenvalue weighted by Gasteiger charge is 2.13. The smallest absolute Gasteiger partial charge is 0.281 e. The van der Waals surface area contributed by atoms with Crippen LogP contribution in [0.1, 0.15) is 32.2 Å². The van der Waals surface area contributed by atoms with Crippen molar-refractivity contribution in [2.75, 3.05) is 0 Å². The normalized spacial score (nSPS) is 13.2. The number of hydrogen-bond acceptors (Lipinski definition) is 5. The van der Waals surface area contributed by atoms with Gasteiger partial charge < -0.3 is 10.1 Å². The van der Waals surface area contributed by atoms with E-state index in [-0.39, 0.29) is 16.9 Å². The van der Waals surface area contributed by atoms with Gasteiger partial charge in [0.05, 0.1) is 0 Å². The number of aromatic nitrogens is 5. The zero-order valence-electron chi connectivity index (χ0n) is 9.14. The van der Waals surface area contributed by atoms with Crippen LogP contribution in [0.4, 0.5) is 0 Å². The van der Waals surface area contributed by atoms with E-state index in [1.165, 1.54) is 6.92 Å². The van der Waals surface area contributed by atoms with Crippen molar-refractivity contribution in [2.24, 2.45) is 0 Å². The average molecular weight is 223 g/mol. The van der Waals surface area contributed by atoms with Gasteiger partial charge in [0.2, 0.25) is 0 Å². The van der Waals surface area contributed by atoms with Gasteiger partial charge in [0.15, 0.2) is 11.2 Å². The van der Waals surface area contributed by atoms with Gasteiger partial charge in [0.1, 0.15) is 11.9 Å². The third-order valence-corrected chi connectivity index (χ3v) is 2.22. The molecule has 0 amide bonds. The highest BCUT2D eigenvalue weighted by atomic mass is 16.3. The summed E-state index contributed by atoms with van der Waals surface area (Å²) >= 11 is 0. The lowest BCUT2D eigenvalue weighted by molar-refractivity contribution is 0.189. The Kier molecular flexibility index (Phi) is 2.69. The van der Waals surface area contributed by atoms with E-state index in [1.54, 1.807) is 4.68 Å². The van der Waals surface area contributed by atoms with Gasteiger partial charge in [-0.3, -0.25) is 4.79 Å². The molecule has 0 radical (unpaired) electrons. The number of H-pyrrole nitrogens is 1. The van der Waals surface area contributed by atoms with Gasteiger partial charge in [-0.2, -0.15) is 0 Å². The standard InChI is InChI=1S/C9H13N5O2/c1-3-4-14-8-6(12-13-14)9(16)11-7(10-8)5(2)15/h5,15H,3-4H2,1-2H3,(H,10,11,16)/t5-/m1/s1. The lowest BCUT2D eigenvalue weighted by Gasteiger charge is -2.03. The van der Waals surface area contributed by atoms with Gasteiger partial charge >= 0.3 is 0 Å². The number of aromatic amines is 1. The highest BCUT2D eigenvalue weighted by molar-refractivity contribution is 5.67. The first-order valence-corrected chi connectivity index (χ1v) is 5.15. The molecule has 0 bridgehead atoms. The van der Waals surface area contributed by atoms with E-state index in [1.807, 2.05) is 6.92 Å². The summed E-state index contributed by atoms with van der Waals surface area (Å²) in [6, 6.07) is 0. The van der Waals surface area contributed by atoms with Crippen LogP contribution in [0.25, 0.3) is 11.2 Å². The molecule has 0 aliphatic heterocycles. The molecule has 0 unspecified atom stereocenters. The lowest BCUT2D eigenvalue weighted by Crippen LogP contribution is -2.14. The van der Waals surface area contributed by atoms with Crippen LogP contribution in [-0.4, -0.2) is 30.1 Å². The molecule has 2 rings (SSSR count). The summed E-state index contributed by atoms with van der Waals surface area (Å²) in [6.07, 6.45) is 0.0545. The predicted molar refractivity (Wildman–Crippen MR) is 56.9 cm³/mol. The lowest BCUT2D eigenvalue weighted by atomic mass is 10.3. The van der Waals surface area contributed by atoms with Crippen molar-refractivity contribution < 1.29 is 5.11 Å². The Bertz CT molecular complexity index is 557. The van der Waals surface area contributed by atoms with Gasteiger partial charge in [-0.25, -0.2) is 9.67 Å². The molecule has 7 heteroatoms. The molecule has 0 aliphatic rings. The Morgan fingerprint density at radius 3 is 2.94 bits per heavy atom. The first-order chi connectivity index (χ1) is 7.63. The van der Waals surface area contributed by atoms with Crippen LogP contribution in [0.5, 0.6) is 0 Å². The van der Waals surface area contributed by atoms with Crippen molar-refractivity contribution in [3.05, 3.63) is 16.2 Å². The molecule has 16 heavy (non-hydrogen) atoms. The number of fused-ring (bicyclic) bond motifs is 1. The van der Waals surface area contributed by atoms with Crippen molar-refractivity contribution in [3.8, 4) is 0 Å². The summed E-state index contributed by atoms with van der Waals surface area (Å²) in [5.41, 5.74) is 0.252. The first kappa shape index (κ1) is 10.7. The Morgan fingerprint density at radius 2 is 2.31 bits per heavy atom.